The summed E-state index contributed by atoms with van der Waals surface area (Å²) in [5.74, 6) is 0.537. The van der Waals surface area contributed by atoms with E-state index in [1.54, 1.807) is 6.07 Å². The van der Waals surface area contributed by atoms with E-state index in [9.17, 15) is 13.2 Å². The predicted molar refractivity (Wildman–Crippen MR) is 78.8 cm³/mol. The van der Waals surface area contributed by atoms with Crippen LogP contribution >= 0.6 is 11.6 Å². The zero-order valence-electron chi connectivity index (χ0n) is 11.6. The van der Waals surface area contributed by atoms with E-state index < -0.39 is 10.0 Å². The Morgan fingerprint density at radius 1 is 1.27 bits per heavy atom. The molecule has 120 valence electrons. The van der Waals surface area contributed by atoms with Gasteiger partial charge in [-0.3, -0.25) is 4.79 Å². The van der Waals surface area contributed by atoms with Gasteiger partial charge in [-0.05, 0) is 12.1 Å². The number of nitrogens with zero attached hydrogens (tertiary/aromatic N) is 1. The average molecular weight is 347 g/mol. The molecule has 0 spiro atoms. The van der Waals surface area contributed by atoms with Crippen molar-refractivity contribution in [1.82, 2.24) is 9.62 Å². The van der Waals surface area contributed by atoms with Gasteiger partial charge in [-0.2, -0.15) is 4.31 Å². The molecule has 1 fully saturated rings. The van der Waals surface area contributed by atoms with Crippen molar-refractivity contribution in [1.29, 1.82) is 0 Å². The van der Waals surface area contributed by atoms with E-state index in [0.29, 0.717) is 24.7 Å². The summed E-state index contributed by atoms with van der Waals surface area (Å²) < 4.78 is 37.1. The van der Waals surface area contributed by atoms with Crippen LogP contribution in [0.4, 0.5) is 0 Å². The number of carbonyl (C=O) groups is 1. The molecule has 0 atom stereocenters. The number of carbonyl (C=O) groups excluding carboxylic acids is 1. The first-order valence-electron chi connectivity index (χ1n) is 6.76. The van der Waals surface area contributed by atoms with Crippen molar-refractivity contribution in [3.63, 3.8) is 0 Å². The minimum Gasteiger partial charge on any atom is -0.486 e. The Bertz CT molecular complexity index is 688. The van der Waals surface area contributed by atoms with Crippen LogP contribution in [0.3, 0.4) is 0 Å². The molecule has 1 aromatic rings. The number of hydrogen-bond acceptors (Lipinski definition) is 5. The van der Waals surface area contributed by atoms with Gasteiger partial charge in [0.2, 0.25) is 15.9 Å². The number of ether oxygens (including phenoxy) is 2. The topological polar surface area (TPSA) is 84.9 Å². The first kappa shape index (κ1) is 15.4. The molecule has 0 unspecified atom stereocenters. The molecule has 22 heavy (non-hydrogen) atoms. The number of rotatable bonds is 4. The monoisotopic (exact) mass is 346 g/mol. The molecule has 0 saturated carbocycles. The number of alkyl halides is 1. The summed E-state index contributed by atoms with van der Waals surface area (Å²) in [7, 11) is -3.60. The van der Waals surface area contributed by atoms with Crippen molar-refractivity contribution in [2.75, 3.05) is 32.2 Å². The highest BCUT2D eigenvalue weighted by atomic mass is 35.5. The predicted octanol–water partition coefficient (Wildman–Crippen LogP) is 0.186. The first-order valence-corrected chi connectivity index (χ1v) is 8.73. The van der Waals surface area contributed by atoms with Crippen LogP contribution in [-0.4, -0.2) is 56.9 Å². The molecule has 3 rings (SSSR count). The third-order valence-corrected chi connectivity index (χ3v) is 5.56. The Kier molecular flexibility index (Phi) is 4.16. The summed E-state index contributed by atoms with van der Waals surface area (Å²) in [4.78, 5) is 11.3. The zero-order chi connectivity index (χ0) is 15.7. The molecule has 2 aliphatic heterocycles. The number of benzene rings is 1. The van der Waals surface area contributed by atoms with Crippen LogP contribution in [0.15, 0.2) is 23.1 Å². The molecule has 1 saturated heterocycles. The van der Waals surface area contributed by atoms with Gasteiger partial charge in [-0.15, -0.1) is 11.6 Å². The second kappa shape index (κ2) is 5.94. The molecule has 7 nitrogen and oxygen atoms in total. The van der Waals surface area contributed by atoms with E-state index in [1.807, 2.05) is 0 Å². The maximum Gasteiger partial charge on any atom is 0.243 e. The van der Waals surface area contributed by atoms with Crippen LogP contribution in [-0.2, 0) is 14.8 Å². The molecule has 2 aliphatic rings. The van der Waals surface area contributed by atoms with Crippen LogP contribution in [0.2, 0.25) is 0 Å². The highest BCUT2D eigenvalue weighted by molar-refractivity contribution is 7.89. The summed E-state index contributed by atoms with van der Waals surface area (Å²) in [6.45, 7) is 1.32. The molecule has 1 aromatic carbocycles. The van der Waals surface area contributed by atoms with Gasteiger partial charge < -0.3 is 14.8 Å². The fourth-order valence-corrected chi connectivity index (χ4v) is 3.95. The Labute approximate surface area is 133 Å². The van der Waals surface area contributed by atoms with E-state index in [2.05, 4.69) is 5.32 Å². The van der Waals surface area contributed by atoms with Crippen molar-refractivity contribution in [2.24, 2.45) is 0 Å². The van der Waals surface area contributed by atoms with Crippen molar-refractivity contribution in [3.05, 3.63) is 18.2 Å². The van der Waals surface area contributed by atoms with Crippen LogP contribution in [0.25, 0.3) is 0 Å². The van der Waals surface area contributed by atoms with Gasteiger partial charge in [0.15, 0.2) is 11.5 Å². The van der Waals surface area contributed by atoms with E-state index in [-0.39, 0.29) is 35.8 Å². The molecule has 0 aromatic heterocycles. The van der Waals surface area contributed by atoms with E-state index in [0.717, 1.165) is 0 Å². The quantitative estimate of drug-likeness (QED) is 0.786. The largest absolute Gasteiger partial charge is 0.486 e. The first-order chi connectivity index (χ1) is 10.5. The summed E-state index contributed by atoms with van der Waals surface area (Å²) in [6, 6.07) is 4.36. The molecule has 2 heterocycles. The fourth-order valence-electron chi connectivity index (χ4n) is 2.33. The van der Waals surface area contributed by atoms with E-state index >= 15 is 0 Å². The SMILES string of the molecule is O=C(CCl)NC1CN(S(=O)(=O)c2ccc3c(c2)OCCO3)C1. The van der Waals surface area contributed by atoms with Gasteiger partial charge in [0.05, 0.1) is 10.9 Å². The second-order valence-electron chi connectivity index (χ2n) is 5.03. The molecular weight excluding hydrogens is 332 g/mol. The summed E-state index contributed by atoms with van der Waals surface area (Å²) in [5.41, 5.74) is 0. The number of fused-ring (bicyclic) bond motifs is 1. The molecule has 1 N–H and O–H groups in total. The molecule has 1 amide bonds. The van der Waals surface area contributed by atoms with Gasteiger partial charge in [0, 0.05) is 19.2 Å². The van der Waals surface area contributed by atoms with Crippen LogP contribution < -0.4 is 14.8 Å². The van der Waals surface area contributed by atoms with Gasteiger partial charge in [-0.1, -0.05) is 0 Å². The summed E-state index contributed by atoms with van der Waals surface area (Å²) in [5, 5.41) is 2.65. The highest BCUT2D eigenvalue weighted by Gasteiger charge is 2.37. The Morgan fingerprint density at radius 2 is 1.95 bits per heavy atom. The summed E-state index contributed by atoms with van der Waals surface area (Å²) in [6.07, 6.45) is 0. The van der Waals surface area contributed by atoms with Gasteiger partial charge >= 0.3 is 0 Å². The standard InChI is InChI=1S/C13H15ClN2O5S/c14-6-13(17)15-9-7-16(8-9)22(18,19)10-1-2-11-12(5-10)21-4-3-20-11/h1-2,5,9H,3-4,6-8H2,(H,15,17). The molecule has 0 radical (unpaired) electrons. The van der Waals surface area contributed by atoms with Crippen molar-refractivity contribution < 1.29 is 22.7 Å². The fraction of sp³-hybridized carbons (Fsp3) is 0.462. The van der Waals surface area contributed by atoms with Crippen LogP contribution in [0.1, 0.15) is 0 Å². The smallest absolute Gasteiger partial charge is 0.243 e. The minimum absolute atomic E-state index is 0.134. The van der Waals surface area contributed by atoms with E-state index in [4.69, 9.17) is 21.1 Å². The van der Waals surface area contributed by atoms with E-state index in [1.165, 1.54) is 16.4 Å². The van der Waals surface area contributed by atoms with Crippen molar-refractivity contribution in [2.45, 2.75) is 10.9 Å². The number of amides is 1. The molecule has 0 bridgehead atoms. The van der Waals surface area contributed by atoms with Crippen molar-refractivity contribution >= 4 is 27.5 Å². The molecule has 9 heteroatoms. The maximum atomic E-state index is 12.5. The van der Waals surface area contributed by atoms with Crippen LogP contribution in [0, 0.1) is 0 Å². The van der Waals surface area contributed by atoms with Gasteiger partial charge in [0.1, 0.15) is 19.1 Å². The Morgan fingerprint density at radius 3 is 2.64 bits per heavy atom. The Balaban J connectivity index is 1.71. The van der Waals surface area contributed by atoms with Crippen molar-refractivity contribution in [3.8, 4) is 11.5 Å². The highest BCUT2D eigenvalue weighted by Crippen LogP contribution is 2.33. The average Bonchev–Trinajstić information content (AvgIpc) is 2.49. The lowest BCUT2D eigenvalue weighted by Crippen LogP contribution is -2.60. The second-order valence-corrected chi connectivity index (χ2v) is 7.23. The molecule has 0 aliphatic carbocycles. The minimum atomic E-state index is -3.60. The number of halogens is 1. The number of hydrogen-bond donors (Lipinski definition) is 1. The lowest BCUT2D eigenvalue weighted by atomic mass is 10.2. The van der Waals surface area contributed by atoms with Gasteiger partial charge in [0.25, 0.3) is 0 Å². The Hall–Kier alpha value is -1.51. The molecular formula is C13H15ClN2O5S. The lowest BCUT2D eigenvalue weighted by Gasteiger charge is -2.38. The number of sulfonamides is 1. The number of nitrogens with one attached hydrogen (secondary N) is 1. The third kappa shape index (κ3) is 2.86. The summed E-state index contributed by atoms with van der Waals surface area (Å²) >= 11 is 5.40. The maximum absolute atomic E-state index is 12.5. The van der Waals surface area contributed by atoms with Crippen LogP contribution in [0.5, 0.6) is 11.5 Å². The third-order valence-electron chi connectivity index (χ3n) is 3.49. The lowest BCUT2D eigenvalue weighted by molar-refractivity contribution is -0.120. The zero-order valence-corrected chi connectivity index (χ0v) is 13.2. The van der Waals surface area contributed by atoms with Gasteiger partial charge in [-0.25, -0.2) is 8.42 Å². The normalized spacial score (nSPS) is 18.6.